The van der Waals surface area contributed by atoms with Gasteiger partial charge in [-0.25, -0.2) is 0 Å². The molecule has 20 nitrogen and oxygen atoms in total. The summed E-state index contributed by atoms with van der Waals surface area (Å²) in [6.07, 6.45) is 0. The fraction of sp³-hybridized carbons (Fsp3) is 0.269. The first-order valence-corrected chi connectivity index (χ1v) is 25.5. The summed E-state index contributed by atoms with van der Waals surface area (Å²) in [5.74, 6) is 1.05. The summed E-state index contributed by atoms with van der Waals surface area (Å²) in [5.41, 5.74) is 4.68. The van der Waals surface area contributed by atoms with Crippen LogP contribution >= 0.6 is 0 Å². The van der Waals surface area contributed by atoms with E-state index >= 15 is 0 Å². The van der Waals surface area contributed by atoms with Crippen molar-refractivity contribution in [3.05, 3.63) is 142 Å². The van der Waals surface area contributed by atoms with Gasteiger partial charge in [-0.05, 0) is 97.8 Å². The number of nitrogens with zero attached hydrogens (tertiary/aromatic N) is 2. The van der Waals surface area contributed by atoms with Gasteiger partial charge in [0.25, 0.3) is 43.9 Å². The number of ether oxygens (including phenoxy) is 6. The second kappa shape index (κ2) is 24.0. The first-order chi connectivity index (χ1) is 35.2. The molecule has 74 heavy (non-hydrogen) atoms. The largest absolute Gasteiger partial charge is 0.493 e. The number of benzene rings is 6. The van der Waals surface area contributed by atoms with Crippen molar-refractivity contribution < 1.29 is 73.5 Å². The van der Waals surface area contributed by atoms with E-state index in [4.69, 9.17) is 37.5 Å². The van der Waals surface area contributed by atoms with Crippen LogP contribution in [0.25, 0.3) is 10.8 Å². The van der Waals surface area contributed by atoms with Gasteiger partial charge in [0.05, 0.1) is 52.4 Å². The monoisotopic (exact) mass is 1060 g/mol. The quantitative estimate of drug-likeness (QED) is 0.0427. The molecule has 392 valence electrons. The number of aryl methyl sites for hydroxylation is 2. The molecule has 2 aliphatic rings. The van der Waals surface area contributed by atoms with E-state index in [1.54, 1.807) is 48.5 Å². The smallest absolute Gasteiger partial charge is 0.294 e. The van der Waals surface area contributed by atoms with Crippen LogP contribution in [0.3, 0.4) is 0 Å². The van der Waals surface area contributed by atoms with Gasteiger partial charge in [0.2, 0.25) is 11.5 Å². The number of rotatable bonds is 18. The molecule has 2 heterocycles. The van der Waals surface area contributed by atoms with Gasteiger partial charge in [-0.1, -0.05) is 35.4 Å². The molecular weight excluding hydrogens is 1000 g/mol. The zero-order valence-corrected chi connectivity index (χ0v) is 43.4. The molecule has 6 aromatic rings. The molecule has 8 rings (SSSR count). The normalized spacial score (nSPS) is 12.9. The Morgan fingerprint density at radius 1 is 0.432 bits per heavy atom. The van der Waals surface area contributed by atoms with Crippen LogP contribution < -0.4 is 39.1 Å². The third kappa shape index (κ3) is 12.4. The molecule has 0 radical (unpaired) electrons. The molecule has 0 aliphatic carbocycles. The van der Waals surface area contributed by atoms with Crippen LogP contribution in [0, 0.1) is 13.8 Å². The van der Waals surface area contributed by atoms with Crippen LogP contribution in [0.5, 0.6) is 34.5 Å². The molecule has 2 aliphatic heterocycles. The molecule has 22 heteroatoms. The predicted octanol–water partition coefficient (Wildman–Crippen LogP) is 6.15. The third-order valence-electron chi connectivity index (χ3n) is 11.8. The summed E-state index contributed by atoms with van der Waals surface area (Å²) in [5, 5.41) is 7.18. The van der Waals surface area contributed by atoms with Crippen LogP contribution in [0.4, 0.5) is 0 Å². The van der Waals surface area contributed by atoms with Crippen molar-refractivity contribution in [3.8, 4) is 34.5 Å². The highest BCUT2D eigenvalue weighted by Crippen LogP contribution is 2.40. The highest BCUT2D eigenvalue weighted by Gasteiger charge is 2.39. The number of imide groups is 2. The SMILES string of the molecule is COc1cc(CNCCN2C(=O)c3ccc4c5c(ccc(c35)C2=O)C(=O)N(CCNCc2cc(OC)c(OC)c(OC)c2)C4=O)cc(OC)c1OC.Cc1ccc(S(=O)(=O)O)cc1.Cc1ccc(S(=O)(=O)O)cc1. The van der Waals surface area contributed by atoms with E-state index in [2.05, 4.69) is 10.6 Å². The van der Waals surface area contributed by atoms with E-state index in [0.717, 1.165) is 22.3 Å². The van der Waals surface area contributed by atoms with E-state index in [1.807, 2.05) is 38.1 Å². The van der Waals surface area contributed by atoms with E-state index in [1.165, 1.54) is 76.7 Å². The van der Waals surface area contributed by atoms with Gasteiger partial charge in [0, 0.05) is 72.3 Å². The Morgan fingerprint density at radius 2 is 0.703 bits per heavy atom. The molecule has 4 amide bonds. The number of hydrogen-bond donors (Lipinski definition) is 4. The van der Waals surface area contributed by atoms with Crippen molar-refractivity contribution in [2.24, 2.45) is 0 Å². The summed E-state index contributed by atoms with van der Waals surface area (Å²) in [7, 11) is 1.18. The van der Waals surface area contributed by atoms with Crippen molar-refractivity contribution >= 4 is 54.6 Å². The summed E-state index contributed by atoms with van der Waals surface area (Å²) >= 11 is 0. The minimum absolute atomic E-state index is 0.0666. The van der Waals surface area contributed by atoms with Crippen LogP contribution in [0.15, 0.2) is 107 Å². The van der Waals surface area contributed by atoms with Gasteiger partial charge in [-0.2, -0.15) is 16.8 Å². The Bertz CT molecular complexity index is 2970. The lowest BCUT2D eigenvalue weighted by Gasteiger charge is -2.32. The third-order valence-corrected chi connectivity index (χ3v) is 13.6. The first kappa shape index (κ1) is 55.7. The summed E-state index contributed by atoms with van der Waals surface area (Å²) in [6.45, 7) is 5.31. The maximum atomic E-state index is 13.7. The Balaban J connectivity index is 0.000000332. The van der Waals surface area contributed by atoms with Crippen LogP contribution in [0.1, 0.15) is 63.7 Å². The Kier molecular flexibility index (Phi) is 18.0. The van der Waals surface area contributed by atoms with Gasteiger partial charge in [-0.15, -0.1) is 0 Å². The highest BCUT2D eigenvalue weighted by atomic mass is 32.2. The average Bonchev–Trinajstić information content (AvgIpc) is 3.38. The van der Waals surface area contributed by atoms with Gasteiger partial charge in [-0.3, -0.25) is 38.1 Å². The summed E-state index contributed by atoms with van der Waals surface area (Å²) < 4.78 is 91.6. The van der Waals surface area contributed by atoms with Crippen molar-refractivity contribution in [3.63, 3.8) is 0 Å². The lowest BCUT2D eigenvalue weighted by molar-refractivity contribution is 0.0590. The Labute approximate surface area is 428 Å². The number of carbonyl (C=O) groups is 4. The standard InChI is InChI=1S/C38H40N4O10.2C7H8O3S/c1-47-27-15-21(16-28(48-2)33(27)51-5)19-39-11-13-41-35(43)23-7-9-25-32-26(10-8-24(31(23)32)36(41)44)38(46)42(37(25)45)14-12-40-20-22-17-29(49-3)34(52-6)30(18-22)50-4;2*1-6-2-4-7(5-3-6)11(8,9)10/h7-10,15-18,39-40H,11-14,19-20H2,1-6H3;2*2-5H,1H3,(H,8,9,10). The van der Waals surface area contributed by atoms with E-state index < -0.39 is 43.9 Å². The molecule has 0 bridgehead atoms. The zero-order valence-electron chi connectivity index (χ0n) is 41.8. The number of carbonyl (C=O) groups excluding carboxylic acids is 4. The van der Waals surface area contributed by atoms with Gasteiger partial charge < -0.3 is 39.1 Å². The second-order valence-corrected chi connectivity index (χ2v) is 19.4. The molecule has 4 N–H and O–H groups in total. The number of amides is 4. The van der Waals surface area contributed by atoms with Gasteiger partial charge >= 0.3 is 0 Å². The second-order valence-electron chi connectivity index (χ2n) is 16.6. The zero-order chi connectivity index (χ0) is 54.1. The predicted molar refractivity (Wildman–Crippen MR) is 272 cm³/mol. The average molecular weight is 1060 g/mol. The lowest BCUT2D eigenvalue weighted by atomic mass is 9.86. The van der Waals surface area contributed by atoms with E-state index in [9.17, 15) is 36.0 Å². The number of nitrogens with one attached hydrogen (secondary N) is 2. The van der Waals surface area contributed by atoms with Crippen molar-refractivity contribution in [2.45, 2.75) is 36.7 Å². The van der Waals surface area contributed by atoms with Crippen LogP contribution in [-0.2, 0) is 33.3 Å². The highest BCUT2D eigenvalue weighted by molar-refractivity contribution is 7.86. The Morgan fingerprint density at radius 3 is 0.932 bits per heavy atom. The van der Waals surface area contributed by atoms with Crippen LogP contribution in [0.2, 0.25) is 0 Å². The molecule has 0 saturated carbocycles. The molecule has 6 aromatic carbocycles. The fourth-order valence-corrected chi connectivity index (χ4v) is 9.08. The molecule has 0 saturated heterocycles. The molecule has 0 aromatic heterocycles. The summed E-state index contributed by atoms with van der Waals surface area (Å²) in [6, 6.07) is 25.5. The Hall–Kier alpha value is -7.60. The van der Waals surface area contributed by atoms with Crippen LogP contribution in [-0.4, -0.2) is 128 Å². The van der Waals surface area contributed by atoms with Crippen molar-refractivity contribution in [1.82, 2.24) is 20.4 Å². The van der Waals surface area contributed by atoms with Crippen molar-refractivity contribution in [2.75, 3.05) is 68.8 Å². The number of methoxy groups -OCH3 is 6. The minimum Gasteiger partial charge on any atom is -0.493 e. The fourth-order valence-electron chi connectivity index (χ4n) is 8.12. The maximum Gasteiger partial charge on any atom is 0.294 e. The number of hydrogen-bond acceptors (Lipinski definition) is 16. The molecule has 0 fully saturated rings. The van der Waals surface area contributed by atoms with Crippen molar-refractivity contribution in [1.29, 1.82) is 0 Å². The van der Waals surface area contributed by atoms with E-state index in [-0.39, 0.29) is 45.1 Å². The molecule has 0 unspecified atom stereocenters. The van der Waals surface area contributed by atoms with Gasteiger partial charge in [0.15, 0.2) is 23.0 Å². The molecule has 0 spiro atoms. The molecule has 0 atom stereocenters. The summed E-state index contributed by atoms with van der Waals surface area (Å²) in [4.78, 5) is 57.0. The minimum atomic E-state index is -4.02. The first-order valence-electron chi connectivity index (χ1n) is 22.6. The molecular formula is C52H56N4O16S2. The van der Waals surface area contributed by atoms with Gasteiger partial charge in [0.1, 0.15) is 0 Å². The topological polar surface area (TPSA) is 263 Å². The maximum absolute atomic E-state index is 13.7. The van der Waals surface area contributed by atoms with E-state index in [0.29, 0.717) is 71.4 Å². The lowest BCUT2D eigenvalue weighted by Crippen LogP contribution is -2.46.